The van der Waals surface area contributed by atoms with E-state index in [1.54, 1.807) is 0 Å². The first-order valence-corrected chi connectivity index (χ1v) is 21.5. The van der Waals surface area contributed by atoms with Gasteiger partial charge in [-0.05, 0) is 185 Å². The normalized spacial score (nSPS) is 11.0. The maximum Gasteiger partial charge on any atom is 0.305 e. The van der Waals surface area contributed by atoms with Crippen LogP contribution >= 0.6 is 136 Å². The van der Waals surface area contributed by atoms with E-state index < -0.39 is 0 Å². The van der Waals surface area contributed by atoms with E-state index in [9.17, 15) is 9.59 Å². The SMILES string of the molecule is O=C(CCCCCCCCOc1c(I)cc(I)cc1I)OCCOC(=O)CCCCCCCCOc1c(I)cc(I)cc1I. The second kappa shape index (κ2) is 25.3. The average molecular weight is 1280 g/mol. The Morgan fingerprint density at radius 1 is 0.432 bits per heavy atom. The van der Waals surface area contributed by atoms with Crippen molar-refractivity contribution >= 4 is 147 Å². The minimum atomic E-state index is -0.218. The molecule has 0 saturated carbocycles. The summed E-state index contributed by atoms with van der Waals surface area (Å²) >= 11 is 14.0. The van der Waals surface area contributed by atoms with Crippen molar-refractivity contribution in [3.8, 4) is 11.5 Å². The average Bonchev–Trinajstić information content (AvgIpc) is 2.95. The van der Waals surface area contributed by atoms with Gasteiger partial charge in [0.2, 0.25) is 0 Å². The van der Waals surface area contributed by atoms with E-state index in [1.165, 1.54) is 7.14 Å². The number of halogens is 6. The number of benzene rings is 2. The molecule has 0 saturated heterocycles. The van der Waals surface area contributed by atoms with E-state index in [4.69, 9.17) is 18.9 Å². The van der Waals surface area contributed by atoms with E-state index in [0.29, 0.717) is 12.8 Å². The zero-order chi connectivity index (χ0) is 32.2. The van der Waals surface area contributed by atoms with Crippen LogP contribution in [0.25, 0.3) is 0 Å². The lowest BCUT2D eigenvalue weighted by Gasteiger charge is -2.11. The van der Waals surface area contributed by atoms with Gasteiger partial charge in [-0.2, -0.15) is 0 Å². The van der Waals surface area contributed by atoms with Crippen molar-refractivity contribution in [2.24, 2.45) is 0 Å². The summed E-state index contributed by atoms with van der Waals surface area (Å²) in [6, 6.07) is 8.53. The molecule has 0 bridgehead atoms. The van der Waals surface area contributed by atoms with E-state index in [-0.39, 0.29) is 25.2 Å². The van der Waals surface area contributed by atoms with E-state index in [0.717, 1.165) is 116 Å². The molecule has 12 heteroatoms. The summed E-state index contributed by atoms with van der Waals surface area (Å²) < 4.78 is 29.5. The topological polar surface area (TPSA) is 71.1 Å². The molecule has 0 aromatic heterocycles. The Hall–Kier alpha value is 1.36. The number of carbonyl (C=O) groups is 2. The molecule has 0 atom stereocenters. The van der Waals surface area contributed by atoms with Crippen LogP contribution in [-0.4, -0.2) is 38.4 Å². The fourth-order valence-corrected chi connectivity index (χ4v) is 12.1. The van der Waals surface area contributed by atoms with Crippen molar-refractivity contribution in [3.05, 3.63) is 45.7 Å². The molecule has 0 spiro atoms. The summed E-state index contributed by atoms with van der Waals surface area (Å²) in [5, 5.41) is 0. The van der Waals surface area contributed by atoms with Crippen LogP contribution in [0.15, 0.2) is 24.3 Å². The first kappa shape index (κ1) is 41.5. The first-order valence-electron chi connectivity index (χ1n) is 15.0. The van der Waals surface area contributed by atoms with Gasteiger partial charge >= 0.3 is 11.9 Å². The number of rotatable bonds is 23. The Morgan fingerprint density at radius 2 is 0.727 bits per heavy atom. The fourth-order valence-electron chi connectivity index (χ4n) is 4.29. The van der Waals surface area contributed by atoms with E-state index in [1.807, 2.05) is 0 Å². The van der Waals surface area contributed by atoms with Gasteiger partial charge < -0.3 is 18.9 Å². The molecule has 2 aromatic carbocycles. The van der Waals surface area contributed by atoms with Crippen LogP contribution < -0.4 is 9.47 Å². The van der Waals surface area contributed by atoms with Crippen LogP contribution in [0.3, 0.4) is 0 Å². The lowest BCUT2D eigenvalue weighted by atomic mass is 10.1. The van der Waals surface area contributed by atoms with Crippen molar-refractivity contribution in [2.75, 3.05) is 26.4 Å². The molecule has 0 N–H and O–H groups in total. The van der Waals surface area contributed by atoms with Gasteiger partial charge in [0.05, 0.1) is 27.5 Å². The highest BCUT2D eigenvalue weighted by atomic mass is 127. The van der Waals surface area contributed by atoms with Gasteiger partial charge in [-0.1, -0.05) is 51.4 Å². The molecule has 6 nitrogen and oxygen atoms in total. The van der Waals surface area contributed by atoms with Gasteiger partial charge in [-0.25, -0.2) is 0 Å². The number of ether oxygens (including phenoxy) is 4. The predicted molar refractivity (Wildman–Crippen MR) is 227 cm³/mol. The standard InChI is InChI=1S/C32H40I6O6/c33-23-19-25(35)31(26(36)20-23)43-15-11-7-3-1-5-9-13-29(39)41-17-18-42-30(40)14-10-6-2-4-8-12-16-44-32-27(37)21-24(34)22-28(32)38/h19-22H,1-18H2. The second-order valence-electron chi connectivity index (χ2n) is 10.3. The molecule has 2 rings (SSSR count). The van der Waals surface area contributed by atoms with Crippen LogP contribution in [0.2, 0.25) is 0 Å². The van der Waals surface area contributed by atoms with E-state index in [2.05, 4.69) is 160 Å². The highest BCUT2D eigenvalue weighted by Gasteiger charge is 2.10. The van der Waals surface area contributed by atoms with Crippen LogP contribution in [0.1, 0.15) is 89.9 Å². The Balaban J connectivity index is 1.34. The first-order chi connectivity index (χ1) is 21.2. The lowest BCUT2D eigenvalue weighted by Crippen LogP contribution is -2.13. The quantitative estimate of drug-likeness (QED) is 0.0627. The predicted octanol–water partition coefficient (Wildman–Crippen LogP) is 11.3. The smallest absolute Gasteiger partial charge is 0.305 e. The number of hydrogen-bond donors (Lipinski definition) is 0. The zero-order valence-corrected chi connectivity index (χ0v) is 37.7. The van der Waals surface area contributed by atoms with Crippen molar-refractivity contribution in [1.82, 2.24) is 0 Å². The molecule has 44 heavy (non-hydrogen) atoms. The van der Waals surface area contributed by atoms with Crippen molar-refractivity contribution in [2.45, 2.75) is 89.9 Å². The molecule has 2 aromatic rings. The molecule has 0 heterocycles. The van der Waals surface area contributed by atoms with Gasteiger partial charge in [-0.3, -0.25) is 9.59 Å². The summed E-state index contributed by atoms with van der Waals surface area (Å²) in [4.78, 5) is 23.9. The second-order valence-corrected chi connectivity index (χ2v) is 17.4. The maximum absolute atomic E-state index is 11.9. The highest BCUT2D eigenvalue weighted by Crippen LogP contribution is 2.31. The molecule has 0 fully saturated rings. The van der Waals surface area contributed by atoms with Crippen molar-refractivity contribution in [1.29, 1.82) is 0 Å². The number of carbonyl (C=O) groups excluding carboxylic acids is 2. The molecule has 0 amide bonds. The van der Waals surface area contributed by atoms with Gasteiger partial charge in [0, 0.05) is 20.0 Å². The van der Waals surface area contributed by atoms with Gasteiger partial charge in [0.1, 0.15) is 24.7 Å². The summed E-state index contributed by atoms with van der Waals surface area (Å²) in [6.45, 7) is 1.72. The summed E-state index contributed by atoms with van der Waals surface area (Å²) in [5.41, 5.74) is 0. The summed E-state index contributed by atoms with van der Waals surface area (Å²) in [6.07, 6.45) is 13.3. The molecule has 0 unspecified atom stereocenters. The van der Waals surface area contributed by atoms with Gasteiger partial charge in [0.15, 0.2) is 0 Å². The third-order valence-corrected chi connectivity index (χ3v) is 11.0. The Kier molecular flexibility index (Phi) is 23.9. The number of unbranched alkanes of at least 4 members (excludes halogenated alkanes) is 10. The molecule has 0 aliphatic heterocycles. The molecule has 0 radical (unpaired) electrons. The minimum Gasteiger partial charge on any atom is -0.491 e. The highest BCUT2D eigenvalue weighted by molar-refractivity contribution is 14.1. The zero-order valence-electron chi connectivity index (χ0n) is 24.8. The van der Waals surface area contributed by atoms with Crippen LogP contribution in [0.5, 0.6) is 11.5 Å². The number of esters is 2. The summed E-state index contributed by atoms with van der Waals surface area (Å²) in [5.74, 6) is 1.54. The molecular formula is C32H40I6O6. The van der Waals surface area contributed by atoms with Crippen LogP contribution in [-0.2, 0) is 19.1 Å². The third kappa shape index (κ3) is 18.8. The number of hydrogen-bond acceptors (Lipinski definition) is 6. The van der Waals surface area contributed by atoms with Gasteiger partial charge in [-0.15, -0.1) is 0 Å². The summed E-state index contributed by atoms with van der Waals surface area (Å²) in [7, 11) is 0. The molecule has 246 valence electrons. The van der Waals surface area contributed by atoms with Crippen LogP contribution in [0.4, 0.5) is 0 Å². The van der Waals surface area contributed by atoms with Crippen molar-refractivity contribution in [3.63, 3.8) is 0 Å². The van der Waals surface area contributed by atoms with Crippen LogP contribution in [0, 0.1) is 21.4 Å². The molecule has 0 aliphatic rings. The fraction of sp³-hybridized carbons (Fsp3) is 0.562. The Bertz CT molecular complexity index is 1030. The largest absolute Gasteiger partial charge is 0.491 e. The maximum atomic E-state index is 11.9. The molecule has 0 aliphatic carbocycles. The van der Waals surface area contributed by atoms with Crippen molar-refractivity contribution < 1.29 is 28.5 Å². The van der Waals surface area contributed by atoms with E-state index >= 15 is 0 Å². The third-order valence-electron chi connectivity index (χ3n) is 6.58. The van der Waals surface area contributed by atoms with Gasteiger partial charge in [0.25, 0.3) is 0 Å². The molecular weight excluding hydrogens is 1240 g/mol. The Morgan fingerprint density at radius 3 is 1.07 bits per heavy atom. The minimum absolute atomic E-state index is 0.130. The lowest BCUT2D eigenvalue weighted by molar-refractivity contribution is -0.152. The monoisotopic (exact) mass is 1280 g/mol. The Labute approximate surface area is 344 Å².